The lowest BCUT2D eigenvalue weighted by Gasteiger charge is -2.22. The number of hydrogen-bond acceptors (Lipinski definition) is 4. The lowest BCUT2D eigenvalue weighted by atomic mass is 9.94. The zero-order valence-corrected chi connectivity index (χ0v) is 11.2. The molecule has 0 bridgehead atoms. The summed E-state index contributed by atoms with van der Waals surface area (Å²) in [4.78, 5) is 11.2. The fourth-order valence-corrected chi connectivity index (χ4v) is 2.47. The Labute approximate surface area is 118 Å². The molecule has 1 aromatic heterocycles. The predicted octanol–water partition coefficient (Wildman–Crippen LogP) is 3.07. The summed E-state index contributed by atoms with van der Waals surface area (Å²) < 4.78 is 0. The smallest absolute Gasteiger partial charge is 0.148 e. The van der Waals surface area contributed by atoms with Crippen LogP contribution >= 0.6 is 0 Å². The van der Waals surface area contributed by atoms with Crippen molar-refractivity contribution in [3.63, 3.8) is 0 Å². The molecule has 1 N–H and O–H groups in total. The van der Waals surface area contributed by atoms with E-state index in [0.29, 0.717) is 24.7 Å². The summed E-state index contributed by atoms with van der Waals surface area (Å²) in [6.45, 7) is 0. The zero-order chi connectivity index (χ0) is 13.8. The van der Waals surface area contributed by atoms with Gasteiger partial charge in [-0.15, -0.1) is 10.2 Å². The van der Waals surface area contributed by atoms with Crippen LogP contribution in [0.2, 0.25) is 0 Å². The number of carbonyl (C=O) groups excluding carboxylic acids is 1. The number of ketones is 1. The van der Waals surface area contributed by atoms with Crippen molar-refractivity contribution in [2.75, 3.05) is 5.32 Å². The van der Waals surface area contributed by atoms with Crippen LogP contribution in [0.15, 0.2) is 42.5 Å². The Morgan fingerprint density at radius 1 is 0.950 bits per heavy atom. The second-order valence-corrected chi connectivity index (χ2v) is 5.13. The number of anilines is 1. The minimum Gasteiger partial charge on any atom is -0.366 e. The highest BCUT2D eigenvalue weighted by Gasteiger charge is 2.18. The van der Waals surface area contributed by atoms with E-state index in [1.807, 2.05) is 42.5 Å². The van der Waals surface area contributed by atoms with Crippen LogP contribution in [0.3, 0.4) is 0 Å². The standard InChI is InChI=1S/C16H17N3O/c20-14-8-6-13(7-9-14)17-16-11-10-15(18-19-16)12-4-2-1-3-5-12/h1-5,10-11,13H,6-9H2,(H,17,19). The molecule has 0 spiro atoms. The van der Waals surface area contributed by atoms with Crippen molar-refractivity contribution >= 4 is 11.6 Å². The van der Waals surface area contributed by atoms with Crippen molar-refractivity contribution in [2.45, 2.75) is 31.7 Å². The van der Waals surface area contributed by atoms with Crippen molar-refractivity contribution in [3.8, 4) is 11.3 Å². The number of rotatable bonds is 3. The van der Waals surface area contributed by atoms with Crippen LogP contribution in [0.25, 0.3) is 11.3 Å². The van der Waals surface area contributed by atoms with Crippen molar-refractivity contribution < 1.29 is 4.79 Å². The molecule has 102 valence electrons. The van der Waals surface area contributed by atoms with Gasteiger partial charge >= 0.3 is 0 Å². The van der Waals surface area contributed by atoms with Gasteiger partial charge in [0.1, 0.15) is 11.6 Å². The van der Waals surface area contributed by atoms with E-state index in [0.717, 1.165) is 29.9 Å². The van der Waals surface area contributed by atoms with Crippen LogP contribution in [0.4, 0.5) is 5.82 Å². The molecule has 0 amide bonds. The maximum absolute atomic E-state index is 11.2. The Bertz CT molecular complexity index is 570. The highest BCUT2D eigenvalue weighted by Crippen LogP contribution is 2.20. The molecular formula is C16H17N3O. The SMILES string of the molecule is O=C1CCC(Nc2ccc(-c3ccccc3)nn2)CC1. The molecule has 0 unspecified atom stereocenters. The second kappa shape index (κ2) is 5.82. The molecule has 4 heteroatoms. The van der Waals surface area contributed by atoms with Gasteiger partial charge in [0.15, 0.2) is 0 Å². The number of carbonyl (C=O) groups is 1. The summed E-state index contributed by atoms with van der Waals surface area (Å²) in [6, 6.07) is 14.3. The molecule has 0 aliphatic heterocycles. The van der Waals surface area contributed by atoms with Crippen molar-refractivity contribution in [1.82, 2.24) is 10.2 Å². The van der Waals surface area contributed by atoms with Crippen molar-refractivity contribution in [2.24, 2.45) is 0 Å². The van der Waals surface area contributed by atoms with E-state index in [1.165, 1.54) is 0 Å². The van der Waals surface area contributed by atoms with Crippen LogP contribution in [-0.4, -0.2) is 22.0 Å². The second-order valence-electron chi connectivity index (χ2n) is 5.13. The summed E-state index contributed by atoms with van der Waals surface area (Å²) >= 11 is 0. The van der Waals surface area contributed by atoms with Crippen LogP contribution in [0, 0.1) is 0 Å². The Hall–Kier alpha value is -2.23. The van der Waals surface area contributed by atoms with E-state index >= 15 is 0 Å². The van der Waals surface area contributed by atoms with Gasteiger partial charge in [0.2, 0.25) is 0 Å². The van der Waals surface area contributed by atoms with E-state index < -0.39 is 0 Å². The molecule has 0 atom stereocenters. The third kappa shape index (κ3) is 3.02. The Morgan fingerprint density at radius 3 is 2.35 bits per heavy atom. The summed E-state index contributed by atoms with van der Waals surface area (Å²) in [6.07, 6.45) is 3.13. The Balaban J connectivity index is 1.66. The first kappa shape index (κ1) is 12.8. The monoisotopic (exact) mass is 267 g/mol. The zero-order valence-electron chi connectivity index (χ0n) is 11.2. The number of nitrogens with one attached hydrogen (secondary N) is 1. The van der Waals surface area contributed by atoms with E-state index in [2.05, 4.69) is 15.5 Å². The summed E-state index contributed by atoms with van der Waals surface area (Å²) in [7, 11) is 0. The third-order valence-electron chi connectivity index (χ3n) is 3.63. The fourth-order valence-electron chi connectivity index (χ4n) is 2.47. The average Bonchev–Trinajstić information content (AvgIpc) is 2.51. The lowest BCUT2D eigenvalue weighted by Crippen LogP contribution is -2.26. The van der Waals surface area contributed by atoms with Gasteiger partial charge in [0.25, 0.3) is 0 Å². The van der Waals surface area contributed by atoms with Gasteiger partial charge in [-0.25, -0.2) is 0 Å². The van der Waals surface area contributed by atoms with Gasteiger partial charge in [-0.2, -0.15) is 0 Å². The summed E-state index contributed by atoms with van der Waals surface area (Å²) in [5.74, 6) is 1.15. The van der Waals surface area contributed by atoms with E-state index in [-0.39, 0.29) is 0 Å². The topological polar surface area (TPSA) is 54.9 Å². The normalized spacial score (nSPS) is 16.1. The van der Waals surface area contributed by atoms with Crippen LogP contribution < -0.4 is 5.32 Å². The molecule has 1 aliphatic carbocycles. The highest BCUT2D eigenvalue weighted by molar-refractivity contribution is 5.79. The summed E-state index contributed by atoms with van der Waals surface area (Å²) in [5.41, 5.74) is 1.93. The molecule has 1 heterocycles. The van der Waals surface area contributed by atoms with Gasteiger partial charge < -0.3 is 5.32 Å². The number of aromatic nitrogens is 2. The molecule has 0 saturated heterocycles. The third-order valence-corrected chi connectivity index (χ3v) is 3.63. The number of hydrogen-bond donors (Lipinski definition) is 1. The Morgan fingerprint density at radius 2 is 1.70 bits per heavy atom. The van der Waals surface area contributed by atoms with Gasteiger partial charge in [-0.1, -0.05) is 30.3 Å². The number of Topliss-reactive ketones (excluding diaryl/α,β-unsaturated/α-hetero) is 1. The molecule has 1 aromatic carbocycles. The maximum Gasteiger partial charge on any atom is 0.148 e. The van der Waals surface area contributed by atoms with Gasteiger partial charge in [-0.05, 0) is 25.0 Å². The molecule has 4 nitrogen and oxygen atoms in total. The predicted molar refractivity (Wildman–Crippen MR) is 78.4 cm³/mol. The minimum absolute atomic E-state index is 0.338. The molecule has 1 fully saturated rings. The first-order valence-electron chi connectivity index (χ1n) is 6.98. The van der Waals surface area contributed by atoms with Crippen molar-refractivity contribution in [1.29, 1.82) is 0 Å². The van der Waals surface area contributed by atoms with Crippen LogP contribution in [0.1, 0.15) is 25.7 Å². The molecule has 1 aliphatic rings. The quantitative estimate of drug-likeness (QED) is 0.928. The first-order valence-corrected chi connectivity index (χ1v) is 6.98. The van der Waals surface area contributed by atoms with Gasteiger partial charge in [-0.3, -0.25) is 4.79 Å². The molecule has 1 saturated carbocycles. The summed E-state index contributed by atoms with van der Waals surface area (Å²) in [5, 5.41) is 11.8. The molecular weight excluding hydrogens is 250 g/mol. The van der Waals surface area contributed by atoms with Crippen LogP contribution in [-0.2, 0) is 4.79 Å². The first-order chi connectivity index (χ1) is 9.81. The molecule has 2 aromatic rings. The van der Waals surface area contributed by atoms with Crippen LogP contribution in [0.5, 0.6) is 0 Å². The molecule has 0 radical (unpaired) electrons. The molecule has 20 heavy (non-hydrogen) atoms. The van der Waals surface area contributed by atoms with Gasteiger partial charge in [0, 0.05) is 24.4 Å². The highest BCUT2D eigenvalue weighted by atomic mass is 16.1. The lowest BCUT2D eigenvalue weighted by molar-refractivity contribution is -0.120. The fraction of sp³-hybridized carbons (Fsp3) is 0.312. The average molecular weight is 267 g/mol. The Kier molecular flexibility index (Phi) is 3.72. The number of nitrogens with zero attached hydrogens (tertiary/aromatic N) is 2. The largest absolute Gasteiger partial charge is 0.366 e. The number of benzene rings is 1. The molecule has 3 rings (SSSR count). The van der Waals surface area contributed by atoms with E-state index in [4.69, 9.17) is 0 Å². The van der Waals surface area contributed by atoms with Crippen molar-refractivity contribution in [3.05, 3.63) is 42.5 Å². The minimum atomic E-state index is 0.338. The maximum atomic E-state index is 11.2. The van der Waals surface area contributed by atoms with Gasteiger partial charge in [0.05, 0.1) is 5.69 Å². The van der Waals surface area contributed by atoms with E-state index in [1.54, 1.807) is 0 Å². The van der Waals surface area contributed by atoms with E-state index in [9.17, 15) is 4.79 Å².